The second-order valence-electron chi connectivity index (χ2n) is 11.3. The van der Waals surface area contributed by atoms with Crippen LogP contribution in [0.5, 0.6) is 0 Å². The maximum Gasteiger partial charge on any atom is 0.227 e. The van der Waals surface area contributed by atoms with E-state index in [4.69, 9.17) is 28.2 Å². The minimum Gasteiger partial charge on any atom is -0.341 e. The van der Waals surface area contributed by atoms with Crippen LogP contribution in [0.15, 0.2) is 54.9 Å². The first kappa shape index (κ1) is 25.7. The Hall–Kier alpha value is -2.52. The highest BCUT2D eigenvalue weighted by Gasteiger charge is 2.49. The highest BCUT2D eigenvalue weighted by molar-refractivity contribution is 7.84. The summed E-state index contributed by atoms with van der Waals surface area (Å²) in [5.74, 6) is 0.674. The maximum absolute atomic E-state index is 13.2. The van der Waals surface area contributed by atoms with E-state index in [1.54, 1.807) is 10.7 Å². The summed E-state index contributed by atoms with van der Waals surface area (Å²) in [6, 6.07) is 14.1. The molecule has 1 saturated heterocycles. The van der Waals surface area contributed by atoms with Crippen molar-refractivity contribution in [3.05, 3.63) is 76.0 Å². The van der Waals surface area contributed by atoms with Crippen LogP contribution in [0.3, 0.4) is 0 Å². The lowest BCUT2D eigenvalue weighted by Gasteiger charge is -2.44. The molecule has 2 atom stereocenters. The van der Waals surface area contributed by atoms with Gasteiger partial charge in [0.05, 0.1) is 42.9 Å². The maximum atomic E-state index is 13.2. The summed E-state index contributed by atoms with van der Waals surface area (Å²) in [4.78, 5) is 11.7. The molecule has 1 N–H and O–H groups in total. The zero-order valence-electron chi connectivity index (χ0n) is 21.6. The lowest BCUT2D eigenvalue weighted by atomic mass is 9.73. The van der Waals surface area contributed by atoms with Crippen molar-refractivity contribution in [2.45, 2.75) is 50.8 Å². The van der Waals surface area contributed by atoms with E-state index >= 15 is 0 Å². The van der Waals surface area contributed by atoms with Crippen LogP contribution in [0.2, 0.25) is 10.0 Å². The number of nitrogens with one attached hydrogen (secondary N) is 1. The molecule has 198 valence electrons. The molecule has 2 aromatic carbocycles. The molecule has 0 radical (unpaired) electrons. The Bertz CT molecular complexity index is 1540. The second kappa shape index (κ2) is 9.59. The smallest absolute Gasteiger partial charge is 0.227 e. The Balaban J connectivity index is 1.24. The number of hydrogen-bond donors (Lipinski definition) is 1. The fraction of sp³-hybridized carbons (Fsp3) is 0.393. The quantitative estimate of drug-likeness (QED) is 0.324. The molecule has 1 fully saturated rings. The van der Waals surface area contributed by atoms with Gasteiger partial charge in [-0.2, -0.15) is 4.98 Å². The van der Waals surface area contributed by atoms with Gasteiger partial charge in [-0.15, -0.1) is 5.10 Å². The number of fused-ring (bicyclic) bond motifs is 2. The first-order valence-corrected chi connectivity index (χ1v) is 14.7. The van der Waals surface area contributed by atoms with Crippen LogP contribution in [0, 0.1) is 5.41 Å². The van der Waals surface area contributed by atoms with Gasteiger partial charge in [0.1, 0.15) is 0 Å². The molecule has 3 heterocycles. The van der Waals surface area contributed by atoms with Crippen molar-refractivity contribution in [3.63, 3.8) is 0 Å². The Labute approximate surface area is 235 Å². The van der Waals surface area contributed by atoms with E-state index in [0.29, 0.717) is 27.3 Å². The molecule has 2 aliphatic rings. The van der Waals surface area contributed by atoms with E-state index in [1.807, 2.05) is 45.3 Å². The third kappa shape index (κ3) is 4.51. The van der Waals surface area contributed by atoms with Gasteiger partial charge in [0, 0.05) is 25.5 Å². The molecule has 0 amide bonds. The van der Waals surface area contributed by atoms with E-state index in [9.17, 15) is 4.21 Å². The standard InChI is InChI=1S/C28H30Cl2N6OS/c1-27(2,3)38(37)34-24-20-8-5-4-7-18(20)15-28(24)11-13-35(14-12-28)26-31-16-19-17-36(33-25(19)32-26)22-10-6-9-21(29)23(22)30/h4-10,16-17,24,34H,11-15H2,1-3H3/t24-,38?/m1/s1. The van der Waals surface area contributed by atoms with Crippen LogP contribution in [-0.2, 0) is 17.4 Å². The SMILES string of the molecule is CC(C)(C)S(=O)N[C@@H]1c2ccccc2CC12CCN(c1ncc3cn(-c4cccc(Cl)c4Cl)nc3n1)CC2. The summed E-state index contributed by atoms with van der Waals surface area (Å²) in [6.45, 7) is 7.69. The molecule has 10 heteroatoms. The molecule has 0 saturated carbocycles. The predicted octanol–water partition coefficient (Wildman–Crippen LogP) is 6.06. The summed E-state index contributed by atoms with van der Waals surface area (Å²) in [6.07, 6.45) is 6.57. The molecule has 1 spiro atoms. The number of nitrogens with zero attached hydrogens (tertiary/aromatic N) is 5. The van der Waals surface area contributed by atoms with E-state index in [-0.39, 0.29) is 16.2 Å². The highest BCUT2D eigenvalue weighted by atomic mass is 35.5. The Kier molecular flexibility index (Phi) is 6.50. The van der Waals surface area contributed by atoms with E-state index in [2.05, 4.69) is 44.0 Å². The topological polar surface area (TPSA) is 75.9 Å². The number of aromatic nitrogens is 4. The van der Waals surface area contributed by atoms with Gasteiger partial charge in [-0.25, -0.2) is 18.6 Å². The number of piperidine rings is 1. The molecule has 1 aliphatic carbocycles. The lowest BCUT2D eigenvalue weighted by Crippen LogP contribution is -2.48. The van der Waals surface area contributed by atoms with Crippen LogP contribution in [-0.4, -0.2) is 41.8 Å². The molecule has 1 aliphatic heterocycles. The van der Waals surface area contributed by atoms with Crippen molar-refractivity contribution in [1.82, 2.24) is 24.5 Å². The zero-order valence-corrected chi connectivity index (χ0v) is 23.9. The molecular formula is C28H30Cl2N6OS. The largest absolute Gasteiger partial charge is 0.341 e. The van der Waals surface area contributed by atoms with Crippen LogP contribution in [0.25, 0.3) is 16.7 Å². The van der Waals surface area contributed by atoms with Crippen LogP contribution in [0.1, 0.15) is 50.8 Å². The average molecular weight is 570 g/mol. The normalized spacial score (nSPS) is 19.7. The van der Waals surface area contributed by atoms with Gasteiger partial charge >= 0.3 is 0 Å². The highest BCUT2D eigenvalue weighted by Crippen LogP contribution is 2.52. The first-order chi connectivity index (χ1) is 18.1. The van der Waals surface area contributed by atoms with Crippen molar-refractivity contribution in [2.75, 3.05) is 18.0 Å². The summed E-state index contributed by atoms with van der Waals surface area (Å²) in [7, 11) is -1.16. The van der Waals surface area contributed by atoms with E-state index in [1.165, 1.54) is 11.1 Å². The fourth-order valence-corrected chi connectivity index (χ4v) is 6.96. The fourth-order valence-electron chi connectivity index (χ4n) is 5.63. The first-order valence-electron chi connectivity index (χ1n) is 12.8. The summed E-state index contributed by atoms with van der Waals surface area (Å²) in [5.41, 5.74) is 3.95. The molecule has 38 heavy (non-hydrogen) atoms. The molecular weight excluding hydrogens is 539 g/mol. The predicted molar refractivity (Wildman–Crippen MR) is 154 cm³/mol. The number of rotatable bonds is 4. The van der Waals surface area contributed by atoms with Gasteiger partial charge < -0.3 is 4.90 Å². The third-order valence-electron chi connectivity index (χ3n) is 7.77. The molecule has 7 nitrogen and oxygen atoms in total. The minimum atomic E-state index is -1.16. The zero-order chi connectivity index (χ0) is 26.7. The molecule has 0 bridgehead atoms. The third-order valence-corrected chi connectivity index (χ3v) is 10.1. The number of halogens is 2. The summed E-state index contributed by atoms with van der Waals surface area (Å²) < 4.78 is 18.1. The minimum absolute atomic E-state index is 0.0100. The van der Waals surface area contributed by atoms with Crippen LogP contribution in [0.4, 0.5) is 5.95 Å². The molecule has 4 aromatic rings. The van der Waals surface area contributed by atoms with Gasteiger partial charge in [-0.05, 0) is 68.7 Å². The summed E-state index contributed by atoms with van der Waals surface area (Å²) in [5, 5.41) is 6.42. The van der Waals surface area contributed by atoms with Gasteiger partial charge in [0.2, 0.25) is 5.95 Å². The molecule has 2 aromatic heterocycles. The Morgan fingerprint density at radius 2 is 1.84 bits per heavy atom. The Morgan fingerprint density at radius 1 is 1.08 bits per heavy atom. The van der Waals surface area contributed by atoms with Gasteiger partial charge in [0.25, 0.3) is 0 Å². The van der Waals surface area contributed by atoms with E-state index < -0.39 is 11.0 Å². The number of anilines is 1. The van der Waals surface area contributed by atoms with E-state index in [0.717, 1.165) is 37.7 Å². The van der Waals surface area contributed by atoms with Crippen molar-refractivity contribution in [1.29, 1.82) is 0 Å². The van der Waals surface area contributed by atoms with Crippen molar-refractivity contribution >= 4 is 51.2 Å². The average Bonchev–Trinajstić information content (AvgIpc) is 3.44. The van der Waals surface area contributed by atoms with Gasteiger partial charge in [-0.3, -0.25) is 0 Å². The molecule has 1 unspecified atom stereocenters. The van der Waals surface area contributed by atoms with Crippen LogP contribution >= 0.6 is 23.2 Å². The second-order valence-corrected chi connectivity index (χ2v) is 14.0. The molecule has 6 rings (SSSR count). The van der Waals surface area contributed by atoms with Gasteiger partial charge in [0.15, 0.2) is 5.65 Å². The van der Waals surface area contributed by atoms with Crippen molar-refractivity contribution < 1.29 is 4.21 Å². The van der Waals surface area contributed by atoms with Crippen LogP contribution < -0.4 is 9.62 Å². The monoisotopic (exact) mass is 568 g/mol. The van der Waals surface area contributed by atoms with Crippen molar-refractivity contribution in [3.8, 4) is 5.69 Å². The van der Waals surface area contributed by atoms with Crippen molar-refractivity contribution in [2.24, 2.45) is 5.41 Å². The number of benzene rings is 2. The lowest BCUT2D eigenvalue weighted by molar-refractivity contribution is 0.177. The summed E-state index contributed by atoms with van der Waals surface area (Å²) >= 11 is 12.6. The Morgan fingerprint density at radius 3 is 2.61 bits per heavy atom. The number of hydrogen-bond acceptors (Lipinski definition) is 5. The van der Waals surface area contributed by atoms with Gasteiger partial charge in [-0.1, -0.05) is 53.5 Å².